The number of benzene rings is 2. The number of aliphatic carboxylic acids is 1. The molecule has 4 rings (SSSR count). The molecule has 3 amide bonds. The van der Waals surface area contributed by atoms with E-state index in [-0.39, 0.29) is 23.9 Å². The third-order valence-electron chi connectivity index (χ3n) is 5.48. The Morgan fingerprint density at radius 1 is 0.971 bits per heavy atom. The summed E-state index contributed by atoms with van der Waals surface area (Å²) < 4.78 is 6.82. The molecule has 1 aliphatic rings. The second-order valence-corrected chi connectivity index (χ2v) is 7.87. The Morgan fingerprint density at radius 2 is 1.60 bits per heavy atom. The van der Waals surface area contributed by atoms with Crippen LogP contribution in [0.15, 0.2) is 54.7 Å². The Balaban J connectivity index is 1.38. The molecule has 0 aliphatic heterocycles. The molecule has 1 aromatic heterocycles. The Labute approximate surface area is 200 Å². The topological polar surface area (TPSA) is 152 Å². The number of anilines is 1. The monoisotopic (exact) mass is 477 g/mol. The van der Waals surface area contributed by atoms with Crippen LogP contribution in [0.1, 0.15) is 27.4 Å². The summed E-state index contributed by atoms with van der Waals surface area (Å²) in [5.74, 6) is -2.70. The molecule has 0 fully saturated rings. The smallest absolute Gasteiger partial charge is 0.412 e. The van der Waals surface area contributed by atoms with Gasteiger partial charge in [0.25, 0.3) is 5.91 Å². The van der Waals surface area contributed by atoms with E-state index in [0.717, 1.165) is 22.3 Å². The van der Waals surface area contributed by atoms with Crippen LogP contribution in [0.2, 0.25) is 0 Å². The van der Waals surface area contributed by atoms with Crippen molar-refractivity contribution in [2.45, 2.75) is 5.92 Å². The quantitative estimate of drug-likeness (QED) is 0.385. The van der Waals surface area contributed by atoms with Gasteiger partial charge in [-0.05, 0) is 22.3 Å². The molecule has 0 atom stereocenters. The van der Waals surface area contributed by atoms with Crippen LogP contribution >= 0.6 is 0 Å². The van der Waals surface area contributed by atoms with Gasteiger partial charge in [0.1, 0.15) is 18.7 Å². The summed E-state index contributed by atoms with van der Waals surface area (Å²) in [5.41, 5.74) is 4.37. The average molecular weight is 477 g/mol. The van der Waals surface area contributed by atoms with Crippen molar-refractivity contribution < 1.29 is 29.0 Å². The zero-order valence-electron chi connectivity index (χ0n) is 18.8. The molecule has 3 aromatic rings. The van der Waals surface area contributed by atoms with Crippen molar-refractivity contribution in [3.05, 3.63) is 71.4 Å². The number of nitrogens with zero attached hydrogens (tertiary/aromatic N) is 2. The number of ether oxygens (including phenoxy) is 1. The molecule has 0 bridgehead atoms. The van der Waals surface area contributed by atoms with Gasteiger partial charge in [-0.15, -0.1) is 0 Å². The highest BCUT2D eigenvalue weighted by Gasteiger charge is 2.29. The van der Waals surface area contributed by atoms with Crippen LogP contribution in [-0.4, -0.2) is 58.5 Å². The van der Waals surface area contributed by atoms with Crippen molar-refractivity contribution in [3.63, 3.8) is 0 Å². The van der Waals surface area contributed by atoms with Gasteiger partial charge in [-0.3, -0.25) is 24.4 Å². The van der Waals surface area contributed by atoms with Crippen LogP contribution in [0.25, 0.3) is 11.1 Å². The van der Waals surface area contributed by atoms with E-state index in [1.54, 1.807) is 7.05 Å². The third kappa shape index (κ3) is 5.29. The lowest BCUT2D eigenvalue weighted by atomic mass is 9.98. The summed E-state index contributed by atoms with van der Waals surface area (Å²) in [7, 11) is 1.57. The molecule has 35 heavy (non-hydrogen) atoms. The molecule has 1 aliphatic carbocycles. The first-order valence-corrected chi connectivity index (χ1v) is 10.8. The first-order valence-electron chi connectivity index (χ1n) is 10.8. The van der Waals surface area contributed by atoms with E-state index < -0.39 is 37.0 Å². The highest BCUT2D eigenvalue weighted by Crippen LogP contribution is 2.44. The zero-order chi connectivity index (χ0) is 24.9. The first kappa shape index (κ1) is 23.5. The van der Waals surface area contributed by atoms with Crippen LogP contribution in [-0.2, 0) is 21.4 Å². The van der Waals surface area contributed by atoms with Crippen molar-refractivity contribution in [3.8, 4) is 11.1 Å². The number of amides is 3. The van der Waals surface area contributed by atoms with Gasteiger partial charge in [-0.2, -0.15) is 5.10 Å². The standard InChI is InChI=1S/C24H23N5O6/c1-29-12-18(23(33)26-10-20(30)25-11-21(31)32)22(28-29)27-24(34)35-13-19-16-8-4-2-6-14(16)15-7-3-5-9-17(15)19/h2-9,12,19H,10-11,13H2,1H3,(H,25,30)(H,26,33)(H,31,32)(H,27,28,34). The number of rotatable bonds is 8. The number of aromatic nitrogens is 2. The van der Waals surface area contributed by atoms with Gasteiger partial charge in [-0.1, -0.05) is 48.5 Å². The number of carbonyl (C=O) groups excluding carboxylic acids is 3. The maximum atomic E-state index is 12.6. The SMILES string of the molecule is Cn1cc(C(=O)NCC(=O)NCC(=O)O)c(NC(=O)OCC2c3ccccc3-c3ccccc32)n1. The van der Waals surface area contributed by atoms with Gasteiger partial charge in [-0.25, -0.2) is 4.79 Å². The molecule has 0 radical (unpaired) electrons. The van der Waals surface area contributed by atoms with Gasteiger partial charge in [0.15, 0.2) is 5.82 Å². The minimum absolute atomic E-state index is 0.0204. The van der Waals surface area contributed by atoms with E-state index >= 15 is 0 Å². The Hall–Kier alpha value is -4.67. The molecular weight excluding hydrogens is 454 g/mol. The van der Waals surface area contributed by atoms with Crippen molar-refractivity contribution in [1.29, 1.82) is 0 Å². The number of hydrogen-bond acceptors (Lipinski definition) is 6. The lowest BCUT2D eigenvalue weighted by Gasteiger charge is -2.14. The predicted octanol–water partition coefficient (Wildman–Crippen LogP) is 1.71. The number of nitrogens with one attached hydrogen (secondary N) is 3. The number of carboxylic acids is 1. The van der Waals surface area contributed by atoms with Crippen molar-refractivity contribution >= 4 is 29.7 Å². The Bertz CT molecular complexity index is 1260. The lowest BCUT2D eigenvalue weighted by molar-refractivity contribution is -0.137. The molecule has 2 aromatic carbocycles. The Kier molecular flexibility index (Phi) is 6.76. The molecule has 4 N–H and O–H groups in total. The lowest BCUT2D eigenvalue weighted by Crippen LogP contribution is -2.39. The summed E-state index contributed by atoms with van der Waals surface area (Å²) >= 11 is 0. The van der Waals surface area contributed by atoms with Crippen molar-refractivity contribution in [2.24, 2.45) is 7.05 Å². The van der Waals surface area contributed by atoms with Crippen LogP contribution in [0.3, 0.4) is 0 Å². The Morgan fingerprint density at radius 3 is 2.23 bits per heavy atom. The first-order chi connectivity index (χ1) is 16.8. The van der Waals surface area contributed by atoms with Gasteiger partial charge in [0, 0.05) is 19.2 Å². The van der Waals surface area contributed by atoms with Crippen LogP contribution < -0.4 is 16.0 Å². The van der Waals surface area contributed by atoms with Gasteiger partial charge in [0.05, 0.1) is 6.54 Å². The number of aryl methyl sites for hydroxylation is 1. The van der Waals surface area contributed by atoms with Crippen LogP contribution in [0.4, 0.5) is 10.6 Å². The number of carbonyl (C=O) groups is 4. The van der Waals surface area contributed by atoms with Crippen molar-refractivity contribution in [2.75, 3.05) is 25.0 Å². The van der Waals surface area contributed by atoms with E-state index in [0.29, 0.717) is 0 Å². The summed E-state index contributed by atoms with van der Waals surface area (Å²) in [5, 5.41) is 19.6. The van der Waals surface area contributed by atoms with Gasteiger partial charge >= 0.3 is 12.1 Å². The van der Waals surface area contributed by atoms with Crippen LogP contribution in [0.5, 0.6) is 0 Å². The van der Waals surface area contributed by atoms with Gasteiger partial charge in [0.2, 0.25) is 5.91 Å². The maximum Gasteiger partial charge on any atom is 0.412 e. The molecule has 1 heterocycles. The predicted molar refractivity (Wildman–Crippen MR) is 125 cm³/mol. The number of fused-ring (bicyclic) bond motifs is 3. The maximum absolute atomic E-state index is 12.6. The summed E-state index contributed by atoms with van der Waals surface area (Å²) in [6.45, 7) is -0.903. The van der Waals surface area contributed by atoms with E-state index in [1.807, 2.05) is 48.5 Å². The molecule has 11 nitrogen and oxygen atoms in total. The van der Waals surface area contributed by atoms with Gasteiger partial charge < -0.3 is 20.5 Å². The fourth-order valence-electron chi connectivity index (χ4n) is 3.97. The highest BCUT2D eigenvalue weighted by atomic mass is 16.5. The van der Waals surface area contributed by atoms with E-state index in [2.05, 4.69) is 21.0 Å². The average Bonchev–Trinajstić information content (AvgIpc) is 3.37. The molecule has 0 saturated heterocycles. The zero-order valence-corrected chi connectivity index (χ0v) is 18.8. The van der Waals surface area contributed by atoms with Crippen molar-refractivity contribution in [1.82, 2.24) is 20.4 Å². The van der Waals surface area contributed by atoms with Crippen LogP contribution in [0, 0.1) is 0 Å². The number of hydrogen-bond donors (Lipinski definition) is 4. The highest BCUT2D eigenvalue weighted by molar-refractivity contribution is 6.02. The largest absolute Gasteiger partial charge is 0.480 e. The van der Waals surface area contributed by atoms with E-state index in [1.165, 1.54) is 10.9 Å². The second-order valence-electron chi connectivity index (χ2n) is 7.87. The summed E-state index contributed by atoms with van der Waals surface area (Å²) in [4.78, 5) is 47.2. The molecule has 0 unspecified atom stereocenters. The fraction of sp³-hybridized carbons (Fsp3) is 0.208. The minimum Gasteiger partial charge on any atom is -0.480 e. The molecule has 11 heteroatoms. The van der Waals surface area contributed by atoms with E-state index in [9.17, 15) is 19.2 Å². The molecule has 0 saturated carbocycles. The summed E-state index contributed by atoms with van der Waals surface area (Å²) in [6, 6.07) is 15.9. The molecular formula is C24H23N5O6. The minimum atomic E-state index is -1.20. The fourth-order valence-corrected chi connectivity index (χ4v) is 3.97. The molecule has 180 valence electrons. The second kappa shape index (κ2) is 10.1. The summed E-state index contributed by atoms with van der Waals surface area (Å²) in [6.07, 6.45) is 0.600. The van der Waals surface area contributed by atoms with E-state index in [4.69, 9.17) is 9.84 Å². The molecule has 0 spiro atoms. The number of carboxylic acid groups (broad SMARTS) is 1. The third-order valence-corrected chi connectivity index (χ3v) is 5.48. The normalized spacial score (nSPS) is 11.8.